The van der Waals surface area contributed by atoms with Gasteiger partial charge in [-0.15, -0.1) is 0 Å². The molecule has 0 aromatic heterocycles. The fraction of sp³-hybridized carbons (Fsp3) is 0.462. The van der Waals surface area contributed by atoms with Gasteiger partial charge in [-0.2, -0.15) is 0 Å². The summed E-state index contributed by atoms with van der Waals surface area (Å²) in [6.07, 6.45) is 4.12. The predicted molar refractivity (Wildman–Crippen MR) is 68.1 cm³/mol. The summed E-state index contributed by atoms with van der Waals surface area (Å²) < 4.78 is 0. The molecule has 1 aliphatic carbocycles. The first kappa shape index (κ1) is 11.0. The zero-order valence-electron chi connectivity index (χ0n) is 9.74. The maximum atomic E-state index is 7.32. The molecule has 0 heterocycles. The summed E-state index contributed by atoms with van der Waals surface area (Å²) in [5.41, 5.74) is 7.41. The molecule has 0 atom stereocenters. The van der Waals surface area contributed by atoms with Crippen LogP contribution in [0, 0.1) is 11.3 Å². The van der Waals surface area contributed by atoms with Gasteiger partial charge in [-0.3, -0.25) is 5.41 Å². The molecular weight excluding hydrogens is 198 g/mol. The van der Waals surface area contributed by atoms with Crippen LogP contribution in [0.3, 0.4) is 0 Å². The van der Waals surface area contributed by atoms with E-state index in [9.17, 15) is 0 Å². The average Bonchev–Trinajstić information content (AvgIpc) is 3.10. The second-order valence-electron chi connectivity index (χ2n) is 4.61. The van der Waals surface area contributed by atoms with Crippen LogP contribution in [0.1, 0.15) is 24.8 Å². The minimum atomic E-state index is 0.132. The van der Waals surface area contributed by atoms with Crippen LogP contribution in [-0.4, -0.2) is 19.4 Å². The van der Waals surface area contributed by atoms with Gasteiger partial charge < -0.3 is 10.6 Å². The third-order valence-corrected chi connectivity index (χ3v) is 3.19. The Bertz CT molecular complexity index is 365. The normalized spacial score (nSPS) is 14.8. The second-order valence-corrected chi connectivity index (χ2v) is 4.61. The number of nitrogens with zero attached hydrogens (tertiary/aromatic N) is 1. The van der Waals surface area contributed by atoms with Crippen LogP contribution in [0.4, 0.5) is 5.69 Å². The van der Waals surface area contributed by atoms with E-state index in [4.69, 9.17) is 11.1 Å². The van der Waals surface area contributed by atoms with Gasteiger partial charge in [0.05, 0.1) is 0 Å². The van der Waals surface area contributed by atoms with Crippen molar-refractivity contribution in [2.45, 2.75) is 19.3 Å². The molecule has 0 saturated heterocycles. The molecule has 3 nitrogen and oxygen atoms in total. The van der Waals surface area contributed by atoms with Crippen LogP contribution < -0.4 is 10.6 Å². The van der Waals surface area contributed by atoms with Crippen molar-refractivity contribution in [1.82, 2.24) is 0 Å². The number of rotatable bonds is 5. The van der Waals surface area contributed by atoms with Gasteiger partial charge in [-0.25, -0.2) is 0 Å². The van der Waals surface area contributed by atoms with Crippen molar-refractivity contribution >= 4 is 11.5 Å². The van der Waals surface area contributed by atoms with Gasteiger partial charge in [0.15, 0.2) is 0 Å². The SMILES string of the molecule is CN(CCC1CC1)c1ccc(C(=N)N)cc1. The van der Waals surface area contributed by atoms with Gasteiger partial charge in [0.1, 0.15) is 5.84 Å². The van der Waals surface area contributed by atoms with E-state index in [1.807, 2.05) is 24.3 Å². The number of hydrogen-bond donors (Lipinski definition) is 2. The fourth-order valence-electron chi connectivity index (χ4n) is 1.81. The van der Waals surface area contributed by atoms with Crippen LogP contribution in [0.2, 0.25) is 0 Å². The number of nitrogens with one attached hydrogen (secondary N) is 1. The molecule has 0 spiro atoms. The Kier molecular flexibility index (Phi) is 3.13. The molecule has 0 amide bonds. The minimum Gasteiger partial charge on any atom is -0.384 e. The fourth-order valence-corrected chi connectivity index (χ4v) is 1.81. The molecule has 1 saturated carbocycles. The quantitative estimate of drug-likeness (QED) is 0.587. The topological polar surface area (TPSA) is 53.1 Å². The lowest BCUT2D eigenvalue weighted by atomic mass is 10.2. The third kappa shape index (κ3) is 2.75. The second kappa shape index (κ2) is 4.56. The number of nitrogen functional groups attached to an aromatic ring is 1. The zero-order chi connectivity index (χ0) is 11.5. The van der Waals surface area contributed by atoms with Gasteiger partial charge >= 0.3 is 0 Å². The summed E-state index contributed by atoms with van der Waals surface area (Å²) in [5, 5.41) is 7.32. The van der Waals surface area contributed by atoms with Crippen LogP contribution in [0.15, 0.2) is 24.3 Å². The molecule has 0 unspecified atom stereocenters. The summed E-state index contributed by atoms with van der Waals surface area (Å²) in [5.74, 6) is 1.10. The van der Waals surface area contributed by atoms with Gasteiger partial charge in [0.2, 0.25) is 0 Å². The maximum Gasteiger partial charge on any atom is 0.122 e. The third-order valence-electron chi connectivity index (χ3n) is 3.19. The van der Waals surface area contributed by atoms with Crippen LogP contribution in [0.25, 0.3) is 0 Å². The first-order valence-electron chi connectivity index (χ1n) is 5.82. The van der Waals surface area contributed by atoms with E-state index in [-0.39, 0.29) is 5.84 Å². The van der Waals surface area contributed by atoms with Crippen LogP contribution in [0.5, 0.6) is 0 Å². The van der Waals surface area contributed by atoms with Crippen molar-refractivity contribution in [2.24, 2.45) is 11.7 Å². The Hall–Kier alpha value is -1.51. The Morgan fingerprint density at radius 2 is 2.00 bits per heavy atom. The van der Waals surface area contributed by atoms with E-state index in [0.717, 1.165) is 18.0 Å². The number of hydrogen-bond acceptors (Lipinski definition) is 2. The van der Waals surface area contributed by atoms with E-state index < -0.39 is 0 Å². The average molecular weight is 217 g/mol. The molecule has 2 rings (SSSR count). The Morgan fingerprint density at radius 3 is 2.50 bits per heavy atom. The lowest BCUT2D eigenvalue weighted by molar-refractivity contribution is 0.711. The highest BCUT2D eigenvalue weighted by molar-refractivity contribution is 5.95. The van der Waals surface area contributed by atoms with Crippen LogP contribution in [-0.2, 0) is 0 Å². The molecule has 1 fully saturated rings. The molecule has 0 radical (unpaired) electrons. The van der Waals surface area contributed by atoms with Crippen molar-refractivity contribution < 1.29 is 0 Å². The molecule has 0 bridgehead atoms. The van der Waals surface area contributed by atoms with Crippen molar-refractivity contribution in [3.63, 3.8) is 0 Å². The molecule has 86 valence electrons. The molecular formula is C13H19N3. The van der Waals surface area contributed by atoms with Crippen molar-refractivity contribution in [2.75, 3.05) is 18.5 Å². The summed E-state index contributed by atoms with van der Waals surface area (Å²) in [6, 6.07) is 7.88. The Labute approximate surface area is 96.8 Å². The first-order chi connectivity index (χ1) is 7.66. The van der Waals surface area contributed by atoms with Gasteiger partial charge in [-0.05, 0) is 36.6 Å². The molecule has 1 aliphatic rings. The van der Waals surface area contributed by atoms with E-state index in [0.29, 0.717) is 0 Å². The largest absolute Gasteiger partial charge is 0.384 e. The lowest BCUT2D eigenvalue weighted by Gasteiger charge is -2.19. The zero-order valence-corrected chi connectivity index (χ0v) is 9.74. The molecule has 16 heavy (non-hydrogen) atoms. The smallest absolute Gasteiger partial charge is 0.122 e. The molecule has 1 aromatic rings. The predicted octanol–water partition coefficient (Wildman–Crippen LogP) is 2.21. The van der Waals surface area contributed by atoms with Gasteiger partial charge in [0, 0.05) is 24.8 Å². The highest BCUT2D eigenvalue weighted by Crippen LogP contribution is 2.32. The Morgan fingerprint density at radius 1 is 1.38 bits per heavy atom. The highest BCUT2D eigenvalue weighted by atomic mass is 15.1. The molecule has 0 aliphatic heterocycles. The minimum absolute atomic E-state index is 0.132. The van der Waals surface area contributed by atoms with Crippen molar-refractivity contribution in [1.29, 1.82) is 5.41 Å². The summed E-state index contributed by atoms with van der Waals surface area (Å²) in [7, 11) is 2.12. The molecule has 3 heteroatoms. The van der Waals surface area contributed by atoms with Gasteiger partial charge in [-0.1, -0.05) is 12.8 Å². The summed E-state index contributed by atoms with van der Waals surface area (Å²) in [6.45, 7) is 1.12. The number of anilines is 1. The highest BCUT2D eigenvalue weighted by Gasteiger charge is 2.21. The number of nitrogens with two attached hydrogens (primary N) is 1. The lowest BCUT2D eigenvalue weighted by Crippen LogP contribution is -2.19. The van der Waals surface area contributed by atoms with Gasteiger partial charge in [0.25, 0.3) is 0 Å². The molecule has 3 N–H and O–H groups in total. The monoisotopic (exact) mass is 217 g/mol. The number of amidine groups is 1. The maximum absolute atomic E-state index is 7.32. The van der Waals surface area contributed by atoms with E-state index in [2.05, 4.69) is 11.9 Å². The first-order valence-corrected chi connectivity index (χ1v) is 5.82. The summed E-state index contributed by atoms with van der Waals surface area (Å²) >= 11 is 0. The van der Waals surface area contributed by atoms with Crippen molar-refractivity contribution in [3.05, 3.63) is 29.8 Å². The van der Waals surface area contributed by atoms with E-state index in [1.54, 1.807) is 0 Å². The van der Waals surface area contributed by atoms with Crippen molar-refractivity contribution in [3.8, 4) is 0 Å². The number of benzene rings is 1. The standard InChI is InChI=1S/C13H19N3/c1-16(9-8-10-2-3-10)12-6-4-11(5-7-12)13(14)15/h4-7,10H,2-3,8-9H2,1H3,(H3,14,15). The van der Waals surface area contributed by atoms with Crippen LogP contribution >= 0.6 is 0 Å². The molecule has 1 aromatic carbocycles. The van der Waals surface area contributed by atoms with E-state index in [1.165, 1.54) is 24.9 Å². The Balaban J connectivity index is 1.93. The summed E-state index contributed by atoms with van der Waals surface area (Å²) in [4.78, 5) is 2.27. The van der Waals surface area contributed by atoms with E-state index >= 15 is 0 Å².